The summed E-state index contributed by atoms with van der Waals surface area (Å²) >= 11 is 3.22. The van der Waals surface area contributed by atoms with Gasteiger partial charge in [-0.25, -0.2) is 4.98 Å². The third-order valence-corrected chi connectivity index (χ3v) is 8.04. The van der Waals surface area contributed by atoms with Gasteiger partial charge in [-0.05, 0) is 56.1 Å². The van der Waals surface area contributed by atoms with Crippen molar-refractivity contribution in [3.63, 3.8) is 0 Å². The van der Waals surface area contributed by atoms with Gasteiger partial charge in [0.1, 0.15) is 10.6 Å². The van der Waals surface area contributed by atoms with Crippen LogP contribution < -0.4 is 10.6 Å². The molecule has 3 aromatic heterocycles. The molecule has 0 atom stereocenters. The Labute approximate surface area is 195 Å². The molecule has 0 aromatic carbocycles. The number of hydrogen-bond donors (Lipinski definition) is 2. The van der Waals surface area contributed by atoms with E-state index in [1.54, 1.807) is 28.9 Å². The number of thiazole rings is 1. The lowest BCUT2D eigenvalue weighted by Crippen LogP contribution is -2.43. The third kappa shape index (κ3) is 4.68. The second-order valence-corrected chi connectivity index (χ2v) is 9.61. The van der Waals surface area contributed by atoms with Crippen molar-refractivity contribution in [2.75, 3.05) is 26.2 Å². The summed E-state index contributed by atoms with van der Waals surface area (Å²) in [7, 11) is 0. The van der Waals surface area contributed by atoms with E-state index in [1.807, 2.05) is 18.3 Å². The van der Waals surface area contributed by atoms with Gasteiger partial charge in [0, 0.05) is 41.2 Å². The van der Waals surface area contributed by atoms with Crippen molar-refractivity contribution in [3.05, 3.63) is 57.0 Å². The number of carbonyl (C=O) groups excluding carboxylic acids is 1. The van der Waals surface area contributed by atoms with Crippen molar-refractivity contribution >= 4 is 41.0 Å². The van der Waals surface area contributed by atoms with E-state index in [1.165, 1.54) is 10.4 Å². The number of fused-ring (bicyclic) bond motifs is 2. The number of pyridine rings is 1. The number of piperidine rings is 1. The Balaban J connectivity index is 0.00000231. The molecule has 5 rings (SSSR count). The van der Waals surface area contributed by atoms with Gasteiger partial charge in [0.2, 0.25) is 0 Å². The summed E-state index contributed by atoms with van der Waals surface area (Å²) in [6.07, 6.45) is 7.14. The lowest BCUT2D eigenvalue weighted by Gasteiger charge is -2.40. The first-order valence-electron chi connectivity index (χ1n) is 10.3. The minimum Gasteiger partial charge on any atom is -0.369 e. The maximum atomic E-state index is 12.8. The van der Waals surface area contributed by atoms with Gasteiger partial charge in [-0.1, -0.05) is 0 Å². The number of amides is 1. The van der Waals surface area contributed by atoms with E-state index in [4.69, 9.17) is 4.74 Å². The number of halogens is 1. The molecular weight excluding hydrogens is 452 g/mol. The number of rotatable bonds is 5. The van der Waals surface area contributed by atoms with E-state index in [2.05, 4.69) is 32.0 Å². The molecule has 3 aromatic rings. The fraction of sp³-hybridized carbons (Fsp3) is 0.409. The van der Waals surface area contributed by atoms with E-state index in [9.17, 15) is 4.79 Å². The highest BCUT2D eigenvalue weighted by molar-refractivity contribution is 7.14. The molecule has 0 saturated carbocycles. The monoisotopic (exact) mass is 476 g/mol. The third-order valence-electron chi connectivity index (χ3n) is 5.73. The van der Waals surface area contributed by atoms with Crippen LogP contribution in [-0.4, -0.2) is 42.1 Å². The van der Waals surface area contributed by atoms with Gasteiger partial charge < -0.3 is 15.4 Å². The maximum Gasteiger partial charge on any atom is 0.261 e. The van der Waals surface area contributed by atoms with Gasteiger partial charge in [0.25, 0.3) is 5.91 Å². The molecule has 9 heteroatoms. The molecule has 6 nitrogen and oxygen atoms in total. The summed E-state index contributed by atoms with van der Waals surface area (Å²) in [5, 5.41) is 9.49. The SMILES string of the molecule is Cl.O=C(NCCc1csc(-c2cccnc2)n1)c1cc2c(s1)C1(CCNCC1)OCC2. The van der Waals surface area contributed by atoms with Crippen molar-refractivity contribution in [2.24, 2.45) is 0 Å². The quantitative estimate of drug-likeness (QED) is 0.585. The van der Waals surface area contributed by atoms with Crippen LogP contribution in [0.4, 0.5) is 0 Å². The predicted molar refractivity (Wildman–Crippen MR) is 126 cm³/mol. The molecule has 0 radical (unpaired) electrons. The van der Waals surface area contributed by atoms with Crippen molar-refractivity contribution < 1.29 is 9.53 Å². The maximum absolute atomic E-state index is 12.8. The van der Waals surface area contributed by atoms with Crippen LogP contribution in [0.15, 0.2) is 36.0 Å². The van der Waals surface area contributed by atoms with Gasteiger partial charge >= 0.3 is 0 Å². The van der Waals surface area contributed by atoms with E-state index in [-0.39, 0.29) is 23.9 Å². The molecule has 164 valence electrons. The smallest absolute Gasteiger partial charge is 0.261 e. The lowest BCUT2D eigenvalue weighted by molar-refractivity contribution is -0.0771. The topological polar surface area (TPSA) is 76.1 Å². The number of nitrogens with zero attached hydrogens (tertiary/aromatic N) is 2. The predicted octanol–water partition coefficient (Wildman–Crippen LogP) is 3.81. The number of aromatic nitrogens is 2. The fourth-order valence-corrected chi connectivity index (χ4v) is 6.34. The highest BCUT2D eigenvalue weighted by atomic mass is 35.5. The number of ether oxygens (including phenoxy) is 1. The summed E-state index contributed by atoms with van der Waals surface area (Å²) in [4.78, 5) is 23.6. The molecule has 2 aliphatic heterocycles. The lowest BCUT2D eigenvalue weighted by atomic mass is 9.86. The zero-order valence-corrected chi connectivity index (χ0v) is 19.5. The molecule has 31 heavy (non-hydrogen) atoms. The van der Waals surface area contributed by atoms with E-state index >= 15 is 0 Å². The Kier molecular flexibility index (Phi) is 7.03. The molecule has 5 heterocycles. The highest BCUT2D eigenvalue weighted by Crippen LogP contribution is 2.44. The second-order valence-electron chi connectivity index (χ2n) is 7.70. The number of nitrogens with one attached hydrogen (secondary N) is 2. The standard InChI is InChI=1S/C22H24N4O2S2.ClH/c27-20(25-8-3-17-14-29-21(26-17)16-2-1-7-24-13-16)18-12-15-4-11-28-22(19(15)30-18)5-9-23-10-6-22;/h1-2,7,12-14,23H,3-6,8-11H2,(H,25,27);1H. The van der Waals surface area contributed by atoms with Crippen LogP contribution in [0.3, 0.4) is 0 Å². The first kappa shape index (κ1) is 22.4. The van der Waals surface area contributed by atoms with E-state index in [0.717, 1.165) is 60.1 Å². The molecule has 0 bridgehead atoms. The van der Waals surface area contributed by atoms with Crippen LogP contribution in [0.2, 0.25) is 0 Å². The largest absolute Gasteiger partial charge is 0.369 e. The van der Waals surface area contributed by atoms with Crippen molar-refractivity contribution in [2.45, 2.75) is 31.3 Å². The Morgan fingerprint density at radius 1 is 1.32 bits per heavy atom. The molecule has 1 saturated heterocycles. The minimum atomic E-state index is -0.189. The summed E-state index contributed by atoms with van der Waals surface area (Å²) in [6, 6.07) is 6.00. The van der Waals surface area contributed by atoms with Crippen LogP contribution in [-0.2, 0) is 23.2 Å². The van der Waals surface area contributed by atoms with Crippen molar-refractivity contribution in [1.29, 1.82) is 0 Å². The number of carbonyl (C=O) groups is 1. The van der Waals surface area contributed by atoms with Gasteiger partial charge in [-0.2, -0.15) is 0 Å². The summed E-state index contributed by atoms with van der Waals surface area (Å²) in [5.41, 5.74) is 3.12. The normalized spacial score (nSPS) is 17.0. The van der Waals surface area contributed by atoms with Gasteiger partial charge in [-0.15, -0.1) is 35.1 Å². The molecule has 2 aliphatic rings. The Bertz CT molecular complexity index is 1030. The molecule has 0 aliphatic carbocycles. The molecule has 1 amide bonds. The van der Waals surface area contributed by atoms with Gasteiger partial charge in [-0.3, -0.25) is 9.78 Å². The summed E-state index contributed by atoms with van der Waals surface area (Å²) in [6.45, 7) is 3.25. The summed E-state index contributed by atoms with van der Waals surface area (Å²) < 4.78 is 6.23. The fourth-order valence-electron chi connectivity index (χ4n) is 4.17. The van der Waals surface area contributed by atoms with Gasteiger partial charge in [0.15, 0.2) is 0 Å². The van der Waals surface area contributed by atoms with Crippen LogP contribution in [0.25, 0.3) is 10.6 Å². The molecule has 2 N–H and O–H groups in total. The van der Waals surface area contributed by atoms with Crippen molar-refractivity contribution in [3.8, 4) is 10.6 Å². The number of thiophene rings is 1. The first-order chi connectivity index (χ1) is 14.7. The molecule has 1 fully saturated rings. The Morgan fingerprint density at radius 3 is 3.00 bits per heavy atom. The van der Waals surface area contributed by atoms with E-state index < -0.39 is 0 Å². The second kappa shape index (κ2) is 9.75. The average Bonchev–Trinajstić information content (AvgIpc) is 3.43. The van der Waals surface area contributed by atoms with Crippen LogP contribution in [0, 0.1) is 0 Å². The first-order valence-corrected chi connectivity index (χ1v) is 12.0. The Hall–Kier alpha value is -1.84. The van der Waals surface area contributed by atoms with Crippen molar-refractivity contribution in [1.82, 2.24) is 20.6 Å². The Morgan fingerprint density at radius 2 is 2.19 bits per heavy atom. The molecular formula is C22H25ClN4O2S2. The number of hydrogen-bond acceptors (Lipinski definition) is 7. The van der Waals surface area contributed by atoms with E-state index in [0.29, 0.717) is 13.0 Å². The average molecular weight is 477 g/mol. The highest BCUT2D eigenvalue weighted by Gasteiger charge is 2.41. The molecule has 1 spiro atoms. The molecule has 0 unspecified atom stereocenters. The van der Waals surface area contributed by atoms with Crippen LogP contribution in [0.1, 0.15) is 38.6 Å². The van der Waals surface area contributed by atoms with Crippen LogP contribution in [0.5, 0.6) is 0 Å². The minimum absolute atomic E-state index is 0. The van der Waals surface area contributed by atoms with Gasteiger partial charge in [0.05, 0.1) is 17.2 Å². The summed E-state index contributed by atoms with van der Waals surface area (Å²) in [5.74, 6) is 0.00111. The zero-order chi connectivity index (χ0) is 20.4. The van der Waals surface area contributed by atoms with Crippen LogP contribution >= 0.6 is 35.1 Å². The zero-order valence-electron chi connectivity index (χ0n) is 17.1.